The number of aromatic carboxylic acids is 1. The lowest BCUT2D eigenvalue weighted by Crippen LogP contribution is -2.60. The molecule has 0 aromatic carbocycles. The molecule has 2 atom stereocenters. The van der Waals surface area contributed by atoms with Crippen molar-refractivity contribution in [3.8, 4) is 5.13 Å². The van der Waals surface area contributed by atoms with Crippen LogP contribution in [0.5, 0.6) is 0 Å². The predicted octanol–water partition coefficient (Wildman–Crippen LogP) is -0.230. The summed E-state index contributed by atoms with van der Waals surface area (Å²) in [4.78, 5) is 48.3. The van der Waals surface area contributed by atoms with E-state index >= 15 is 0 Å². The zero-order chi connectivity index (χ0) is 24.4. The van der Waals surface area contributed by atoms with Gasteiger partial charge in [0, 0.05) is 43.8 Å². The molecule has 2 aliphatic heterocycles. The summed E-state index contributed by atoms with van der Waals surface area (Å²) in [7, 11) is 0. The standard InChI is InChI=1S/C22H28N6O5S/c1-4-14(10-33-5-2)25-20(30)13-7-27(8-13)16-6-12(3)17-18(29)15(21(31)32)9-28(19(17)26-16)22-23-11-24-34-22/h9,11,13-14,16H,4-8,10H2,1-3H3,(H,25,30)(H,31,32). The first-order chi connectivity index (χ1) is 16.3. The summed E-state index contributed by atoms with van der Waals surface area (Å²) in [6.07, 6.45) is 3.66. The number of nitrogens with zero attached hydrogens (tertiary/aromatic N) is 5. The second kappa shape index (κ2) is 10.1. The monoisotopic (exact) mass is 488 g/mol. The molecule has 0 spiro atoms. The lowest BCUT2D eigenvalue weighted by Gasteiger charge is -2.43. The Morgan fingerprint density at radius 3 is 2.74 bits per heavy atom. The summed E-state index contributed by atoms with van der Waals surface area (Å²) in [5.74, 6) is -1.42. The van der Waals surface area contributed by atoms with E-state index in [-0.39, 0.29) is 29.6 Å². The van der Waals surface area contributed by atoms with E-state index in [9.17, 15) is 19.5 Å². The van der Waals surface area contributed by atoms with Crippen LogP contribution >= 0.6 is 11.5 Å². The summed E-state index contributed by atoms with van der Waals surface area (Å²) >= 11 is 1.08. The molecule has 182 valence electrons. The summed E-state index contributed by atoms with van der Waals surface area (Å²) < 4.78 is 11.0. The fourth-order valence-electron chi connectivity index (χ4n) is 4.22. The summed E-state index contributed by atoms with van der Waals surface area (Å²) in [6, 6.07) is -0.00640. The number of nitrogens with one attached hydrogen (secondary N) is 1. The van der Waals surface area contributed by atoms with Crippen LogP contribution in [-0.2, 0) is 9.53 Å². The van der Waals surface area contributed by atoms with Gasteiger partial charge in [-0.05, 0) is 20.3 Å². The van der Waals surface area contributed by atoms with E-state index in [1.54, 1.807) is 0 Å². The van der Waals surface area contributed by atoms with Crippen LogP contribution in [0.25, 0.3) is 10.7 Å². The largest absolute Gasteiger partial charge is 0.477 e. The van der Waals surface area contributed by atoms with Gasteiger partial charge in [0.15, 0.2) is 0 Å². The molecule has 2 aromatic heterocycles. The number of pyridine rings is 1. The Morgan fingerprint density at radius 1 is 1.35 bits per heavy atom. The van der Waals surface area contributed by atoms with Crippen LogP contribution in [0.2, 0.25) is 0 Å². The molecule has 1 saturated heterocycles. The lowest BCUT2D eigenvalue weighted by atomic mass is 9.95. The van der Waals surface area contributed by atoms with Crippen molar-refractivity contribution >= 4 is 29.0 Å². The number of rotatable bonds is 9. The Hall–Kier alpha value is -2.96. The molecule has 4 heterocycles. The van der Waals surface area contributed by atoms with E-state index in [1.807, 2.05) is 20.8 Å². The molecule has 2 aliphatic rings. The Labute approximate surface area is 200 Å². The third kappa shape index (κ3) is 4.65. The van der Waals surface area contributed by atoms with Crippen LogP contribution < -0.4 is 21.5 Å². The van der Waals surface area contributed by atoms with Gasteiger partial charge >= 0.3 is 5.97 Å². The number of carbonyl (C=O) groups is 2. The van der Waals surface area contributed by atoms with Crippen molar-refractivity contribution in [2.75, 3.05) is 26.3 Å². The van der Waals surface area contributed by atoms with Crippen molar-refractivity contribution in [3.63, 3.8) is 0 Å². The van der Waals surface area contributed by atoms with E-state index in [1.165, 1.54) is 17.1 Å². The molecule has 4 rings (SSSR count). The first kappa shape index (κ1) is 24.2. The van der Waals surface area contributed by atoms with Crippen molar-refractivity contribution in [3.05, 3.63) is 39.0 Å². The first-order valence-electron chi connectivity index (χ1n) is 11.3. The van der Waals surface area contributed by atoms with Crippen LogP contribution in [0, 0.1) is 5.92 Å². The van der Waals surface area contributed by atoms with Gasteiger partial charge < -0.3 is 15.2 Å². The number of aromatic nitrogens is 3. The lowest BCUT2D eigenvalue weighted by molar-refractivity contribution is -0.132. The zero-order valence-corrected chi connectivity index (χ0v) is 20.2. The molecule has 0 saturated carbocycles. The smallest absolute Gasteiger partial charge is 0.341 e. The highest BCUT2D eigenvalue weighted by atomic mass is 32.1. The second-order valence-electron chi connectivity index (χ2n) is 8.49. The maximum atomic E-state index is 12.9. The number of carboxylic acid groups (broad SMARTS) is 1. The van der Waals surface area contributed by atoms with Crippen molar-refractivity contribution in [1.29, 1.82) is 0 Å². The van der Waals surface area contributed by atoms with Crippen molar-refractivity contribution in [2.45, 2.75) is 45.8 Å². The van der Waals surface area contributed by atoms with Crippen LogP contribution in [0.1, 0.15) is 44.0 Å². The maximum absolute atomic E-state index is 12.9. The number of hydrogen-bond donors (Lipinski definition) is 2. The van der Waals surface area contributed by atoms with Gasteiger partial charge in [0.25, 0.3) is 0 Å². The topological polar surface area (TPSA) is 139 Å². The number of hydrogen-bond acceptors (Lipinski definition) is 9. The molecular formula is C22H28N6O5S. The Morgan fingerprint density at radius 2 is 2.12 bits per heavy atom. The van der Waals surface area contributed by atoms with Crippen LogP contribution in [-0.4, -0.2) is 74.3 Å². The summed E-state index contributed by atoms with van der Waals surface area (Å²) in [5, 5.41) is 13.3. The molecule has 11 nitrogen and oxygen atoms in total. The highest BCUT2D eigenvalue weighted by molar-refractivity contribution is 7.07. The van der Waals surface area contributed by atoms with Gasteiger partial charge in [-0.25, -0.2) is 14.8 Å². The predicted molar refractivity (Wildman–Crippen MR) is 125 cm³/mol. The number of likely N-dealkylation sites (tertiary alicyclic amines) is 1. The number of fused-ring (bicyclic) bond motifs is 1. The number of carboxylic acids is 1. The fraction of sp³-hybridized carbons (Fsp3) is 0.545. The zero-order valence-electron chi connectivity index (χ0n) is 19.4. The average molecular weight is 489 g/mol. The molecule has 2 unspecified atom stereocenters. The third-order valence-electron chi connectivity index (χ3n) is 6.22. The molecule has 0 bridgehead atoms. The van der Waals surface area contributed by atoms with Crippen molar-refractivity contribution in [1.82, 2.24) is 24.1 Å². The SMILES string of the molecule is CCOCC(CC)NC(=O)C1CN(C2CC(C)=c3c(=O)c(C(=O)O)cn(-c4ncns4)c3=N2)C1. The fourth-order valence-corrected chi connectivity index (χ4v) is 4.73. The second-order valence-corrected chi connectivity index (χ2v) is 9.25. The molecule has 0 aliphatic carbocycles. The molecular weight excluding hydrogens is 460 g/mol. The molecule has 1 amide bonds. The van der Waals surface area contributed by atoms with Gasteiger partial charge in [-0.15, -0.1) is 0 Å². The average Bonchev–Trinajstić information content (AvgIpc) is 3.30. The normalized spacial score (nSPS) is 19.1. The van der Waals surface area contributed by atoms with Gasteiger partial charge in [-0.3, -0.25) is 19.1 Å². The minimum atomic E-state index is -1.30. The molecule has 1 fully saturated rings. The van der Waals surface area contributed by atoms with Gasteiger partial charge in [0.05, 0.1) is 23.8 Å². The van der Waals surface area contributed by atoms with Gasteiger partial charge in [-0.1, -0.05) is 12.5 Å². The van der Waals surface area contributed by atoms with Crippen LogP contribution in [0.15, 0.2) is 22.3 Å². The summed E-state index contributed by atoms with van der Waals surface area (Å²) in [5.41, 5.74) is 0.247. The Balaban J connectivity index is 1.58. The van der Waals surface area contributed by atoms with E-state index in [4.69, 9.17) is 9.73 Å². The molecule has 2 aromatic rings. The molecule has 12 heteroatoms. The quantitative estimate of drug-likeness (QED) is 0.494. The molecule has 34 heavy (non-hydrogen) atoms. The van der Waals surface area contributed by atoms with E-state index in [2.05, 4.69) is 19.6 Å². The van der Waals surface area contributed by atoms with E-state index in [0.717, 1.165) is 23.5 Å². The minimum Gasteiger partial charge on any atom is -0.477 e. The third-order valence-corrected chi connectivity index (χ3v) is 6.88. The number of ether oxygens (including phenoxy) is 1. The van der Waals surface area contributed by atoms with Gasteiger partial charge in [0.2, 0.25) is 16.5 Å². The molecule has 0 radical (unpaired) electrons. The van der Waals surface area contributed by atoms with E-state index in [0.29, 0.717) is 48.6 Å². The van der Waals surface area contributed by atoms with Gasteiger partial charge in [-0.2, -0.15) is 4.37 Å². The van der Waals surface area contributed by atoms with Crippen molar-refractivity contribution < 1.29 is 19.4 Å². The van der Waals surface area contributed by atoms with Crippen LogP contribution in [0.4, 0.5) is 0 Å². The summed E-state index contributed by atoms with van der Waals surface area (Å²) in [6.45, 7) is 7.99. The molecule has 2 N–H and O–H groups in total. The Bertz CT molecular complexity index is 1250. The minimum absolute atomic E-state index is 0.00640. The van der Waals surface area contributed by atoms with E-state index < -0.39 is 11.4 Å². The van der Waals surface area contributed by atoms with Gasteiger partial charge in [0.1, 0.15) is 23.5 Å². The Kier molecular flexibility index (Phi) is 7.19. The van der Waals surface area contributed by atoms with Crippen LogP contribution in [0.3, 0.4) is 0 Å². The maximum Gasteiger partial charge on any atom is 0.341 e. The first-order valence-corrected chi connectivity index (χ1v) is 12.1. The highest BCUT2D eigenvalue weighted by Crippen LogP contribution is 2.24. The number of carbonyl (C=O) groups excluding carboxylic acids is 1. The number of amides is 1. The van der Waals surface area contributed by atoms with Crippen molar-refractivity contribution in [2.24, 2.45) is 10.9 Å². The highest BCUT2D eigenvalue weighted by Gasteiger charge is 2.38.